The molecule has 4 nitrogen and oxygen atoms in total. The second-order valence-electron chi connectivity index (χ2n) is 2.58. The van der Waals surface area contributed by atoms with E-state index in [1.54, 1.807) is 0 Å². The molecule has 0 saturated heterocycles. The van der Waals surface area contributed by atoms with Gasteiger partial charge < -0.3 is 9.47 Å². The van der Waals surface area contributed by atoms with E-state index in [1.807, 2.05) is 0 Å². The fourth-order valence-corrected chi connectivity index (χ4v) is 2.42. The van der Waals surface area contributed by atoms with Crippen LogP contribution in [0.15, 0.2) is 23.1 Å². The van der Waals surface area contributed by atoms with Gasteiger partial charge in [0.1, 0.15) is 10.6 Å². The predicted molar refractivity (Wildman–Crippen MR) is 57.0 cm³/mol. The molecule has 0 bridgehead atoms. The van der Waals surface area contributed by atoms with E-state index in [9.17, 15) is 8.42 Å². The first-order chi connectivity index (χ1) is 6.95. The fraction of sp³-hybridized carbons (Fsp3) is 0.250. The van der Waals surface area contributed by atoms with E-state index in [-0.39, 0.29) is 16.7 Å². The maximum absolute atomic E-state index is 11.0. The number of methoxy groups -OCH3 is 1. The summed E-state index contributed by atoms with van der Waals surface area (Å²) >= 11 is 5.71. The molecule has 7 heteroatoms. The van der Waals surface area contributed by atoms with Crippen LogP contribution in [0.3, 0.4) is 0 Å². The molecule has 0 saturated carbocycles. The second kappa shape index (κ2) is 5.03. The Labute approximate surface area is 97.1 Å². The molecule has 0 N–H and O–H groups in total. The van der Waals surface area contributed by atoms with Gasteiger partial charge in [-0.1, -0.05) is 11.6 Å². The van der Waals surface area contributed by atoms with Gasteiger partial charge in [-0.2, -0.15) is 0 Å². The average molecular weight is 271 g/mol. The lowest BCUT2D eigenvalue weighted by atomic mass is 10.3. The molecule has 0 aliphatic heterocycles. The molecule has 0 heterocycles. The topological polar surface area (TPSA) is 52.6 Å². The van der Waals surface area contributed by atoms with E-state index in [0.29, 0.717) is 5.75 Å². The summed E-state index contributed by atoms with van der Waals surface area (Å²) in [5, 5.41) is 0.0126. The van der Waals surface area contributed by atoms with Gasteiger partial charge in [0.15, 0.2) is 6.79 Å². The molecule has 0 aliphatic carbocycles. The first-order valence-corrected chi connectivity index (χ1v) is 6.50. The van der Waals surface area contributed by atoms with Crippen LogP contribution in [-0.2, 0) is 13.8 Å². The van der Waals surface area contributed by atoms with Crippen LogP contribution < -0.4 is 4.74 Å². The molecule has 84 valence electrons. The summed E-state index contributed by atoms with van der Waals surface area (Å²) in [7, 11) is 2.80. The molecule has 1 aromatic carbocycles. The lowest BCUT2D eigenvalue weighted by Crippen LogP contribution is -1.99. The van der Waals surface area contributed by atoms with Gasteiger partial charge in [-0.05, 0) is 12.1 Å². The van der Waals surface area contributed by atoms with Gasteiger partial charge in [-0.25, -0.2) is 8.42 Å². The third kappa shape index (κ3) is 3.53. The molecule has 0 aromatic heterocycles. The van der Waals surface area contributed by atoms with Crippen LogP contribution in [0.1, 0.15) is 0 Å². The van der Waals surface area contributed by atoms with Gasteiger partial charge in [-0.3, -0.25) is 0 Å². The monoisotopic (exact) mass is 270 g/mol. The highest BCUT2D eigenvalue weighted by atomic mass is 35.7. The average Bonchev–Trinajstić information content (AvgIpc) is 2.12. The zero-order chi connectivity index (χ0) is 11.5. The zero-order valence-electron chi connectivity index (χ0n) is 7.74. The smallest absolute Gasteiger partial charge is 0.262 e. The lowest BCUT2D eigenvalue weighted by Gasteiger charge is -2.06. The van der Waals surface area contributed by atoms with Crippen molar-refractivity contribution in [1.29, 1.82) is 0 Å². The van der Waals surface area contributed by atoms with Crippen LogP contribution in [0.4, 0.5) is 0 Å². The molecule has 1 aromatic rings. The van der Waals surface area contributed by atoms with Crippen molar-refractivity contribution in [3.05, 3.63) is 23.2 Å². The first-order valence-electron chi connectivity index (χ1n) is 3.81. The Morgan fingerprint density at radius 2 is 2.07 bits per heavy atom. The molecular formula is C8H8Cl2O4S. The van der Waals surface area contributed by atoms with Crippen molar-refractivity contribution in [1.82, 2.24) is 0 Å². The molecule has 0 spiro atoms. The molecule has 0 radical (unpaired) electrons. The van der Waals surface area contributed by atoms with Crippen molar-refractivity contribution in [2.45, 2.75) is 4.90 Å². The number of hydrogen-bond acceptors (Lipinski definition) is 4. The van der Waals surface area contributed by atoms with Crippen molar-refractivity contribution < 1.29 is 17.9 Å². The second-order valence-corrected chi connectivity index (χ2v) is 5.52. The number of rotatable bonds is 4. The summed E-state index contributed by atoms with van der Waals surface area (Å²) in [6.07, 6.45) is 0. The summed E-state index contributed by atoms with van der Waals surface area (Å²) in [5.74, 6) is 0.408. The van der Waals surface area contributed by atoms with Gasteiger partial charge in [-0.15, -0.1) is 0 Å². The van der Waals surface area contributed by atoms with Gasteiger partial charge >= 0.3 is 0 Å². The lowest BCUT2D eigenvalue weighted by molar-refractivity contribution is 0.0511. The van der Waals surface area contributed by atoms with Gasteiger partial charge in [0.05, 0.1) is 5.02 Å². The molecule has 15 heavy (non-hydrogen) atoms. The zero-order valence-corrected chi connectivity index (χ0v) is 10.1. The van der Waals surface area contributed by atoms with E-state index >= 15 is 0 Å². The van der Waals surface area contributed by atoms with Crippen molar-refractivity contribution in [2.24, 2.45) is 0 Å². The normalized spacial score (nSPS) is 11.4. The van der Waals surface area contributed by atoms with E-state index in [4.69, 9.17) is 27.0 Å². The molecule has 0 aliphatic rings. The largest absolute Gasteiger partial charge is 0.468 e. The highest BCUT2D eigenvalue weighted by Gasteiger charge is 2.14. The molecule has 0 unspecified atom stereocenters. The molecule has 1 rings (SSSR count). The summed E-state index contributed by atoms with van der Waals surface area (Å²) in [6.45, 7) is 0.0588. The van der Waals surface area contributed by atoms with Crippen molar-refractivity contribution in [3.8, 4) is 5.75 Å². The number of benzene rings is 1. The Bertz CT molecular complexity index is 444. The minimum atomic E-state index is -3.82. The Balaban J connectivity index is 2.99. The first kappa shape index (κ1) is 12.6. The summed E-state index contributed by atoms with van der Waals surface area (Å²) in [5.41, 5.74) is 0. The summed E-state index contributed by atoms with van der Waals surface area (Å²) < 4.78 is 31.7. The van der Waals surface area contributed by atoms with Crippen LogP contribution in [0, 0.1) is 0 Å². The van der Waals surface area contributed by atoms with E-state index in [0.717, 1.165) is 0 Å². The van der Waals surface area contributed by atoms with Crippen LogP contribution in [0.5, 0.6) is 5.75 Å². The number of hydrogen-bond donors (Lipinski definition) is 0. The fourth-order valence-electron chi connectivity index (χ4n) is 0.896. The van der Waals surface area contributed by atoms with Gasteiger partial charge in [0.25, 0.3) is 9.05 Å². The van der Waals surface area contributed by atoms with Crippen molar-refractivity contribution in [2.75, 3.05) is 13.9 Å². The molecule has 0 atom stereocenters. The van der Waals surface area contributed by atoms with E-state index in [1.165, 1.54) is 25.3 Å². The third-order valence-corrected chi connectivity index (χ3v) is 3.31. The maximum Gasteiger partial charge on any atom is 0.262 e. The van der Waals surface area contributed by atoms with E-state index < -0.39 is 9.05 Å². The van der Waals surface area contributed by atoms with Gasteiger partial charge in [0, 0.05) is 23.9 Å². The summed E-state index contributed by atoms with van der Waals surface area (Å²) in [6, 6.07) is 4.08. The number of halogens is 2. The minimum absolute atomic E-state index is 0.0126. The molecule has 0 amide bonds. The van der Waals surface area contributed by atoms with Crippen LogP contribution >= 0.6 is 22.3 Å². The Morgan fingerprint density at radius 3 is 2.53 bits per heavy atom. The molecule has 0 fully saturated rings. The Kier molecular flexibility index (Phi) is 4.21. The highest BCUT2D eigenvalue weighted by Crippen LogP contribution is 2.28. The van der Waals surface area contributed by atoms with Crippen LogP contribution in [0.2, 0.25) is 5.02 Å². The quantitative estimate of drug-likeness (QED) is 0.622. The minimum Gasteiger partial charge on any atom is -0.468 e. The number of ether oxygens (including phenoxy) is 2. The van der Waals surface area contributed by atoms with Crippen molar-refractivity contribution >= 4 is 31.3 Å². The van der Waals surface area contributed by atoms with E-state index in [2.05, 4.69) is 4.74 Å². The Hall–Kier alpha value is -0.490. The van der Waals surface area contributed by atoms with Crippen LogP contribution in [0.25, 0.3) is 0 Å². The highest BCUT2D eigenvalue weighted by molar-refractivity contribution is 8.13. The molecular weight excluding hydrogens is 263 g/mol. The van der Waals surface area contributed by atoms with Crippen molar-refractivity contribution in [3.63, 3.8) is 0 Å². The summed E-state index contributed by atoms with van der Waals surface area (Å²) in [4.78, 5) is -0.143. The van der Waals surface area contributed by atoms with Gasteiger partial charge in [0.2, 0.25) is 0 Å². The Morgan fingerprint density at radius 1 is 1.40 bits per heavy atom. The third-order valence-electron chi connectivity index (χ3n) is 1.51. The predicted octanol–water partition coefficient (Wildman–Crippen LogP) is 2.25. The standard InChI is InChI=1S/C8H8Cl2O4S/c1-13-5-14-6-2-3-8(7(9)4-6)15(10,11)12/h2-4H,5H2,1H3. The SMILES string of the molecule is COCOc1ccc(S(=O)(=O)Cl)c(Cl)c1. The maximum atomic E-state index is 11.0. The van der Waals surface area contributed by atoms with Crippen LogP contribution in [-0.4, -0.2) is 22.3 Å².